The third kappa shape index (κ3) is 5.16. The van der Waals surface area contributed by atoms with E-state index in [0.717, 1.165) is 4.46 Å². The Bertz CT molecular complexity index is 676. The average molecular weight is 357 g/mol. The van der Waals surface area contributed by atoms with Crippen LogP contribution in [-0.4, -0.2) is 31.4 Å². The Hall–Kier alpha value is -1.85. The van der Waals surface area contributed by atoms with Gasteiger partial charge in [0.05, 0.1) is 0 Å². The molecule has 2 aromatic carbocycles. The van der Waals surface area contributed by atoms with E-state index >= 15 is 0 Å². The summed E-state index contributed by atoms with van der Waals surface area (Å²) < 4.78 is 1.12. The molecular weight excluding hydrogens is 339 g/mol. The van der Waals surface area contributed by atoms with Gasteiger partial charge in [0.25, 0.3) is 0 Å². The fourth-order valence-corrected chi connectivity index (χ4v) is 3.77. The van der Waals surface area contributed by atoms with Crippen LogP contribution in [0, 0.1) is 11.8 Å². The SMILES string of the molecule is CC(C)(O)C#CC([Se]c1ccccc1)C(=O)c1ccccc1. The molecule has 0 spiro atoms. The Morgan fingerprint density at radius 1 is 1.05 bits per heavy atom. The number of Topliss-reactive ketones (excluding diaryl/α,β-unsaturated/α-hetero) is 1. The van der Waals surface area contributed by atoms with Crippen molar-refractivity contribution in [2.75, 3.05) is 0 Å². The third-order valence-corrected chi connectivity index (χ3v) is 5.14. The number of ketones is 1. The predicted molar refractivity (Wildman–Crippen MR) is 90.4 cm³/mol. The van der Waals surface area contributed by atoms with Crippen LogP contribution in [0.2, 0.25) is 4.82 Å². The van der Waals surface area contributed by atoms with Gasteiger partial charge < -0.3 is 0 Å². The van der Waals surface area contributed by atoms with Crippen LogP contribution in [0.4, 0.5) is 0 Å². The first-order chi connectivity index (χ1) is 10.5. The van der Waals surface area contributed by atoms with E-state index in [1.165, 1.54) is 0 Å². The van der Waals surface area contributed by atoms with Crippen LogP contribution in [0.25, 0.3) is 0 Å². The Balaban J connectivity index is 2.28. The van der Waals surface area contributed by atoms with Gasteiger partial charge in [-0.3, -0.25) is 0 Å². The van der Waals surface area contributed by atoms with Crippen LogP contribution >= 0.6 is 0 Å². The fraction of sp³-hybridized carbons (Fsp3) is 0.211. The van der Waals surface area contributed by atoms with E-state index in [-0.39, 0.29) is 20.7 Å². The minimum atomic E-state index is -1.10. The van der Waals surface area contributed by atoms with E-state index in [1.54, 1.807) is 13.8 Å². The first-order valence-electron chi connectivity index (χ1n) is 7.02. The maximum absolute atomic E-state index is 12.7. The van der Waals surface area contributed by atoms with Gasteiger partial charge >= 0.3 is 137 Å². The molecule has 0 amide bonds. The van der Waals surface area contributed by atoms with Crippen molar-refractivity contribution >= 4 is 25.2 Å². The van der Waals surface area contributed by atoms with Gasteiger partial charge in [-0.2, -0.15) is 0 Å². The number of benzene rings is 2. The Morgan fingerprint density at radius 2 is 1.59 bits per heavy atom. The van der Waals surface area contributed by atoms with E-state index < -0.39 is 10.4 Å². The second-order valence-electron chi connectivity index (χ2n) is 5.37. The average Bonchev–Trinajstić information content (AvgIpc) is 2.52. The van der Waals surface area contributed by atoms with Crippen molar-refractivity contribution in [3.8, 4) is 11.8 Å². The van der Waals surface area contributed by atoms with Crippen molar-refractivity contribution in [3.05, 3.63) is 66.2 Å². The van der Waals surface area contributed by atoms with Crippen molar-refractivity contribution in [1.82, 2.24) is 0 Å². The summed E-state index contributed by atoms with van der Waals surface area (Å²) in [7, 11) is 0. The molecule has 0 saturated heterocycles. The van der Waals surface area contributed by atoms with E-state index in [4.69, 9.17) is 0 Å². The molecule has 112 valence electrons. The van der Waals surface area contributed by atoms with Gasteiger partial charge in [-0.1, -0.05) is 0 Å². The number of carbonyl (C=O) groups excluding carboxylic acids is 1. The van der Waals surface area contributed by atoms with E-state index in [1.807, 2.05) is 60.7 Å². The van der Waals surface area contributed by atoms with Crippen LogP contribution in [0.1, 0.15) is 24.2 Å². The number of hydrogen-bond acceptors (Lipinski definition) is 2. The molecule has 2 nitrogen and oxygen atoms in total. The summed E-state index contributed by atoms with van der Waals surface area (Å²) in [5, 5.41) is 9.81. The molecule has 1 unspecified atom stereocenters. The second kappa shape index (κ2) is 7.42. The summed E-state index contributed by atoms with van der Waals surface area (Å²) in [6.07, 6.45) is 0. The van der Waals surface area contributed by atoms with Crippen molar-refractivity contribution in [3.63, 3.8) is 0 Å². The Kier molecular flexibility index (Phi) is 5.57. The fourth-order valence-electron chi connectivity index (χ4n) is 1.78. The topological polar surface area (TPSA) is 37.3 Å². The van der Waals surface area contributed by atoms with E-state index in [0.29, 0.717) is 5.56 Å². The second-order valence-corrected chi connectivity index (χ2v) is 7.84. The Labute approximate surface area is 137 Å². The van der Waals surface area contributed by atoms with Gasteiger partial charge in [-0.15, -0.1) is 0 Å². The molecule has 1 N–H and O–H groups in total. The zero-order valence-electron chi connectivity index (χ0n) is 12.6. The monoisotopic (exact) mass is 358 g/mol. The van der Waals surface area contributed by atoms with Gasteiger partial charge in [0.2, 0.25) is 0 Å². The number of aliphatic hydroxyl groups is 1. The summed E-state index contributed by atoms with van der Waals surface area (Å²) in [4.78, 5) is 12.3. The summed E-state index contributed by atoms with van der Waals surface area (Å²) in [6.45, 7) is 3.25. The van der Waals surface area contributed by atoms with Crippen molar-refractivity contribution in [2.24, 2.45) is 0 Å². The molecule has 0 aromatic heterocycles. The molecule has 1 atom stereocenters. The third-order valence-electron chi connectivity index (χ3n) is 2.80. The number of carbonyl (C=O) groups is 1. The minimum absolute atomic E-state index is 0.0150. The molecule has 22 heavy (non-hydrogen) atoms. The predicted octanol–water partition coefficient (Wildman–Crippen LogP) is 2.46. The molecular formula is C19H18O2Se. The zero-order chi connectivity index (χ0) is 16.0. The van der Waals surface area contributed by atoms with Crippen LogP contribution in [0.5, 0.6) is 0 Å². The number of hydrogen-bond donors (Lipinski definition) is 1. The molecule has 0 aliphatic heterocycles. The number of rotatable bonds is 4. The van der Waals surface area contributed by atoms with Crippen molar-refractivity contribution in [1.29, 1.82) is 0 Å². The standard InChI is InChI=1S/C19H18O2Se/c1-19(2,21)14-13-17(22-16-11-7-4-8-12-16)18(20)15-9-5-3-6-10-15/h3-12,17,21H,1-2H3. The summed E-state index contributed by atoms with van der Waals surface area (Å²) >= 11 is -0.105. The van der Waals surface area contributed by atoms with E-state index in [2.05, 4.69) is 11.8 Å². The quantitative estimate of drug-likeness (QED) is 0.519. The first-order valence-corrected chi connectivity index (χ1v) is 8.86. The first kappa shape index (κ1) is 16.5. The van der Waals surface area contributed by atoms with Gasteiger partial charge in [0.15, 0.2) is 0 Å². The maximum atomic E-state index is 12.7. The van der Waals surface area contributed by atoms with Crippen molar-refractivity contribution < 1.29 is 9.90 Å². The molecule has 0 heterocycles. The zero-order valence-corrected chi connectivity index (χ0v) is 14.3. The van der Waals surface area contributed by atoms with E-state index in [9.17, 15) is 9.90 Å². The van der Waals surface area contributed by atoms with Crippen LogP contribution < -0.4 is 4.46 Å². The molecule has 2 aromatic rings. The molecule has 0 aliphatic rings. The summed E-state index contributed by atoms with van der Waals surface area (Å²) in [5.41, 5.74) is -0.433. The summed E-state index contributed by atoms with van der Waals surface area (Å²) in [5.74, 6) is 5.79. The van der Waals surface area contributed by atoms with Gasteiger partial charge in [0.1, 0.15) is 0 Å². The molecule has 0 fully saturated rings. The van der Waals surface area contributed by atoms with Gasteiger partial charge in [0, 0.05) is 0 Å². The molecule has 3 heteroatoms. The van der Waals surface area contributed by atoms with Crippen LogP contribution in [0.3, 0.4) is 0 Å². The molecule has 0 bridgehead atoms. The van der Waals surface area contributed by atoms with Crippen molar-refractivity contribution in [2.45, 2.75) is 24.3 Å². The normalized spacial score (nSPS) is 12.1. The molecule has 0 saturated carbocycles. The van der Waals surface area contributed by atoms with Crippen LogP contribution in [-0.2, 0) is 0 Å². The molecule has 0 aliphatic carbocycles. The Morgan fingerprint density at radius 3 is 2.14 bits per heavy atom. The summed E-state index contributed by atoms with van der Waals surface area (Å²) in [6, 6.07) is 19.1. The van der Waals surface area contributed by atoms with Gasteiger partial charge in [-0.25, -0.2) is 0 Å². The molecule has 2 rings (SSSR count). The van der Waals surface area contributed by atoms with Gasteiger partial charge in [-0.05, 0) is 0 Å². The molecule has 0 radical (unpaired) electrons. The van der Waals surface area contributed by atoms with Crippen LogP contribution in [0.15, 0.2) is 60.7 Å².